The van der Waals surface area contributed by atoms with Crippen LogP contribution in [-0.4, -0.2) is 53.6 Å². The summed E-state index contributed by atoms with van der Waals surface area (Å²) in [5.41, 5.74) is 0. The van der Waals surface area contributed by atoms with Crippen LogP contribution >= 0.6 is 22.6 Å². The maximum Gasteiger partial charge on any atom is 0.412 e. The first-order chi connectivity index (χ1) is 9.56. The third-order valence-corrected chi connectivity index (χ3v) is 4.05. The van der Waals surface area contributed by atoms with Crippen LogP contribution in [0, 0.1) is 3.57 Å². The second kappa shape index (κ2) is 6.55. The Bertz CT molecular complexity index is 500. The first-order valence-electron chi connectivity index (χ1n) is 6.17. The lowest BCUT2D eigenvalue weighted by Gasteiger charge is -2.25. The van der Waals surface area contributed by atoms with Crippen molar-refractivity contribution in [3.63, 3.8) is 0 Å². The van der Waals surface area contributed by atoms with Gasteiger partial charge >= 0.3 is 6.09 Å². The molecular formula is C12H16IN3O4. The Morgan fingerprint density at radius 3 is 3.05 bits per heavy atom. The third kappa shape index (κ3) is 3.13. The van der Waals surface area contributed by atoms with Crippen molar-refractivity contribution in [2.24, 2.45) is 0 Å². The van der Waals surface area contributed by atoms with E-state index in [0.717, 1.165) is 3.57 Å². The van der Waals surface area contributed by atoms with E-state index >= 15 is 0 Å². The van der Waals surface area contributed by atoms with Crippen molar-refractivity contribution in [2.45, 2.75) is 18.6 Å². The number of aromatic nitrogens is 1. The van der Waals surface area contributed by atoms with E-state index in [1.165, 1.54) is 13.2 Å². The molecule has 1 amide bonds. The third-order valence-electron chi connectivity index (χ3n) is 3.20. The highest BCUT2D eigenvalue weighted by Gasteiger charge is 2.33. The van der Waals surface area contributed by atoms with Crippen LogP contribution in [0.25, 0.3) is 0 Å². The Labute approximate surface area is 130 Å². The molecule has 0 aliphatic carbocycles. The summed E-state index contributed by atoms with van der Waals surface area (Å²) in [7, 11) is 1.48. The van der Waals surface area contributed by atoms with Crippen LogP contribution < -0.4 is 15.0 Å². The number of hydrogen-bond acceptors (Lipinski definition) is 6. The summed E-state index contributed by atoms with van der Waals surface area (Å²) in [5.74, 6) is 1.02. The van der Waals surface area contributed by atoms with Crippen molar-refractivity contribution in [3.8, 4) is 5.75 Å². The van der Waals surface area contributed by atoms with E-state index in [0.29, 0.717) is 24.5 Å². The van der Waals surface area contributed by atoms with Gasteiger partial charge in [0.25, 0.3) is 0 Å². The molecule has 0 saturated carbocycles. The smallest absolute Gasteiger partial charge is 0.408 e. The van der Waals surface area contributed by atoms with E-state index in [-0.39, 0.29) is 12.6 Å². The fourth-order valence-electron chi connectivity index (χ4n) is 2.13. The molecule has 1 aliphatic heterocycles. The number of pyridine rings is 1. The molecule has 1 fully saturated rings. The number of carbonyl (C=O) groups is 1. The largest absolute Gasteiger partial charge is 0.412 e. The molecule has 110 valence electrons. The Morgan fingerprint density at radius 2 is 2.45 bits per heavy atom. The molecule has 2 atom stereocenters. The van der Waals surface area contributed by atoms with E-state index in [2.05, 4.69) is 10.3 Å². The summed E-state index contributed by atoms with van der Waals surface area (Å²) in [5, 5.41) is 21.5. The molecule has 0 spiro atoms. The average Bonchev–Trinajstić information content (AvgIpc) is 2.81. The highest BCUT2D eigenvalue weighted by Crippen LogP contribution is 2.28. The lowest BCUT2D eigenvalue weighted by Crippen LogP contribution is -2.38. The van der Waals surface area contributed by atoms with Crippen molar-refractivity contribution in [3.05, 3.63) is 15.8 Å². The number of aliphatic hydroxyl groups is 2. The van der Waals surface area contributed by atoms with Crippen LogP contribution in [0.5, 0.6) is 5.75 Å². The zero-order chi connectivity index (χ0) is 14.7. The second-order valence-corrected chi connectivity index (χ2v) is 5.57. The normalized spacial score (nSPS) is 21.9. The van der Waals surface area contributed by atoms with Gasteiger partial charge in [0, 0.05) is 13.6 Å². The molecule has 8 heteroatoms. The lowest BCUT2D eigenvalue weighted by molar-refractivity contribution is 0.128. The molecule has 0 aromatic carbocycles. The average molecular weight is 393 g/mol. The number of rotatable bonds is 3. The van der Waals surface area contributed by atoms with Gasteiger partial charge < -0.3 is 25.2 Å². The minimum absolute atomic E-state index is 0.129. The standard InChI is InChI=1S/C12H16IN3O4/c1-14-12(19)20-10-5-15-11(4-7(10)13)16-3-2-9(18)8(16)6-17/h4-5,8-9,17-18H,2-3,6H2,1H3,(H,14,19)/t8-,9+/m1/s1. The van der Waals surface area contributed by atoms with Crippen LogP contribution in [0.4, 0.5) is 10.6 Å². The van der Waals surface area contributed by atoms with E-state index in [1.54, 1.807) is 6.07 Å². The van der Waals surface area contributed by atoms with E-state index in [9.17, 15) is 15.0 Å². The van der Waals surface area contributed by atoms with E-state index in [4.69, 9.17) is 4.74 Å². The Kier molecular flexibility index (Phi) is 5.00. The summed E-state index contributed by atoms with van der Waals surface area (Å²) in [6, 6.07) is 1.42. The van der Waals surface area contributed by atoms with Crippen molar-refractivity contribution in [1.82, 2.24) is 10.3 Å². The summed E-state index contributed by atoms with van der Waals surface area (Å²) >= 11 is 2.05. The fraction of sp³-hybridized carbons (Fsp3) is 0.500. The quantitative estimate of drug-likeness (QED) is 0.642. The van der Waals surface area contributed by atoms with E-state index < -0.39 is 12.2 Å². The van der Waals surface area contributed by atoms with Gasteiger partial charge in [0.05, 0.1) is 28.5 Å². The number of aliphatic hydroxyl groups excluding tert-OH is 2. The maximum atomic E-state index is 11.2. The summed E-state index contributed by atoms with van der Waals surface area (Å²) < 4.78 is 5.78. The monoisotopic (exact) mass is 393 g/mol. The molecule has 0 radical (unpaired) electrons. The number of hydrogen-bond donors (Lipinski definition) is 3. The Hall–Kier alpha value is -1.13. The molecule has 7 nitrogen and oxygen atoms in total. The predicted octanol–water partition coefficient (Wildman–Crippen LogP) is 0.336. The lowest BCUT2D eigenvalue weighted by atomic mass is 10.2. The number of carbonyl (C=O) groups excluding carboxylic acids is 1. The molecule has 3 N–H and O–H groups in total. The predicted molar refractivity (Wildman–Crippen MR) is 80.9 cm³/mol. The fourth-order valence-corrected chi connectivity index (χ4v) is 2.66. The van der Waals surface area contributed by atoms with Crippen LogP contribution in [0.3, 0.4) is 0 Å². The van der Waals surface area contributed by atoms with E-state index in [1.807, 2.05) is 27.5 Å². The number of anilines is 1. The number of amides is 1. The first-order valence-corrected chi connectivity index (χ1v) is 7.25. The van der Waals surface area contributed by atoms with Crippen molar-refractivity contribution in [1.29, 1.82) is 0 Å². The molecule has 1 saturated heterocycles. The summed E-state index contributed by atoms with van der Waals surface area (Å²) in [6.07, 6.45) is 0.953. The van der Waals surface area contributed by atoms with Crippen molar-refractivity contribution >= 4 is 34.5 Å². The van der Waals surface area contributed by atoms with Gasteiger partial charge in [-0.3, -0.25) is 0 Å². The number of halogens is 1. The molecule has 0 bridgehead atoms. The maximum absolute atomic E-state index is 11.2. The van der Waals surface area contributed by atoms with Crippen molar-refractivity contribution < 1.29 is 19.7 Å². The highest BCUT2D eigenvalue weighted by molar-refractivity contribution is 14.1. The summed E-state index contributed by atoms with van der Waals surface area (Å²) in [4.78, 5) is 17.3. The van der Waals surface area contributed by atoms with Crippen LogP contribution in [-0.2, 0) is 0 Å². The minimum Gasteiger partial charge on any atom is -0.408 e. The zero-order valence-electron chi connectivity index (χ0n) is 10.9. The molecule has 2 heterocycles. The molecule has 1 aliphatic rings. The van der Waals surface area contributed by atoms with Gasteiger partial charge in [0.15, 0.2) is 5.75 Å². The van der Waals surface area contributed by atoms with Gasteiger partial charge in [-0.15, -0.1) is 0 Å². The molecule has 1 aromatic heterocycles. The first kappa shape index (κ1) is 15.3. The van der Waals surface area contributed by atoms with Gasteiger partial charge in [-0.25, -0.2) is 9.78 Å². The molecule has 0 unspecified atom stereocenters. The van der Waals surface area contributed by atoms with Crippen LogP contribution in [0.15, 0.2) is 12.3 Å². The SMILES string of the molecule is CNC(=O)Oc1cnc(N2CC[C@H](O)[C@H]2CO)cc1I. The zero-order valence-corrected chi connectivity index (χ0v) is 13.1. The molecule has 20 heavy (non-hydrogen) atoms. The molecule has 1 aromatic rings. The molecule has 2 rings (SSSR count). The highest BCUT2D eigenvalue weighted by atomic mass is 127. The van der Waals surface area contributed by atoms with Gasteiger partial charge in [0.1, 0.15) is 5.82 Å². The van der Waals surface area contributed by atoms with Crippen molar-refractivity contribution in [2.75, 3.05) is 25.1 Å². The Balaban J connectivity index is 2.18. The number of nitrogens with zero attached hydrogens (tertiary/aromatic N) is 2. The minimum atomic E-state index is -0.554. The Morgan fingerprint density at radius 1 is 1.70 bits per heavy atom. The summed E-state index contributed by atoms with van der Waals surface area (Å²) in [6.45, 7) is 0.501. The number of nitrogens with one attached hydrogen (secondary N) is 1. The van der Waals surface area contributed by atoms with Gasteiger partial charge in [-0.2, -0.15) is 0 Å². The van der Waals surface area contributed by atoms with Crippen LogP contribution in [0.2, 0.25) is 0 Å². The topological polar surface area (TPSA) is 94.9 Å². The van der Waals surface area contributed by atoms with Crippen LogP contribution in [0.1, 0.15) is 6.42 Å². The van der Waals surface area contributed by atoms with Gasteiger partial charge in [-0.05, 0) is 35.1 Å². The second-order valence-electron chi connectivity index (χ2n) is 4.41. The number of ether oxygens (including phenoxy) is 1. The molecular weight excluding hydrogens is 377 g/mol. The van der Waals surface area contributed by atoms with Gasteiger partial charge in [-0.1, -0.05) is 0 Å². The van der Waals surface area contributed by atoms with Gasteiger partial charge in [0.2, 0.25) is 0 Å².